The van der Waals surface area contributed by atoms with E-state index in [1.807, 2.05) is 12.1 Å². The molecule has 0 aliphatic carbocycles. The first-order valence-corrected chi connectivity index (χ1v) is 9.50. The van der Waals surface area contributed by atoms with Crippen LogP contribution in [0, 0.1) is 13.8 Å². The summed E-state index contributed by atoms with van der Waals surface area (Å²) < 4.78 is 43.5. The van der Waals surface area contributed by atoms with E-state index in [0.717, 1.165) is 18.4 Å². The maximum absolute atomic E-state index is 13.2. The molecule has 0 saturated carbocycles. The molecule has 0 amide bonds. The number of rotatable bonds is 5. The van der Waals surface area contributed by atoms with Gasteiger partial charge >= 0.3 is 0 Å². The molecule has 1 atom stereocenters. The Hall–Kier alpha value is -2.06. The lowest BCUT2D eigenvalue weighted by Gasteiger charge is -2.25. The van der Waals surface area contributed by atoms with Crippen LogP contribution < -0.4 is 9.47 Å². The van der Waals surface area contributed by atoms with Crippen LogP contribution in [0.15, 0.2) is 27.6 Å². The molecule has 1 unspecified atom stereocenters. The highest BCUT2D eigenvalue weighted by Gasteiger charge is 2.39. The van der Waals surface area contributed by atoms with Crippen molar-refractivity contribution in [2.24, 2.45) is 0 Å². The van der Waals surface area contributed by atoms with Gasteiger partial charge in [-0.25, -0.2) is 8.42 Å². The lowest BCUT2D eigenvalue weighted by atomic mass is 10.0. The molecule has 8 heteroatoms. The van der Waals surface area contributed by atoms with E-state index in [2.05, 4.69) is 5.16 Å². The average molecular weight is 366 g/mol. The zero-order chi connectivity index (χ0) is 18.2. The van der Waals surface area contributed by atoms with E-state index in [9.17, 15) is 8.42 Å². The van der Waals surface area contributed by atoms with E-state index >= 15 is 0 Å². The van der Waals surface area contributed by atoms with E-state index in [4.69, 9.17) is 14.0 Å². The Labute approximate surface area is 147 Å². The summed E-state index contributed by atoms with van der Waals surface area (Å²) in [4.78, 5) is 0.167. The average Bonchev–Trinajstić information content (AvgIpc) is 3.21. The van der Waals surface area contributed by atoms with Crippen LogP contribution in [0.5, 0.6) is 11.5 Å². The Morgan fingerprint density at radius 2 is 1.92 bits per heavy atom. The Kier molecular flexibility index (Phi) is 4.75. The van der Waals surface area contributed by atoms with Gasteiger partial charge in [0.05, 0.1) is 20.3 Å². The minimum Gasteiger partial charge on any atom is -0.493 e. The van der Waals surface area contributed by atoms with Crippen LogP contribution in [0.1, 0.15) is 35.9 Å². The third-order valence-corrected chi connectivity index (χ3v) is 6.68. The fourth-order valence-corrected chi connectivity index (χ4v) is 5.36. The van der Waals surface area contributed by atoms with Crippen LogP contribution >= 0.6 is 0 Å². The molecule has 3 rings (SSSR count). The molecule has 1 aliphatic rings. The van der Waals surface area contributed by atoms with Gasteiger partial charge in [-0.3, -0.25) is 0 Å². The lowest BCUT2D eigenvalue weighted by Crippen LogP contribution is -2.31. The van der Waals surface area contributed by atoms with E-state index in [0.29, 0.717) is 29.5 Å². The molecule has 1 aliphatic heterocycles. The van der Waals surface area contributed by atoms with Gasteiger partial charge in [0.1, 0.15) is 10.6 Å². The first-order valence-electron chi connectivity index (χ1n) is 8.06. The molecule has 136 valence electrons. The van der Waals surface area contributed by atoms with Crippen LogP contribution in [-0.2, 0) is 10.0 Å². The van der Waals surface area contributed by atoms with Crippen molar-refractivity contribution in [2.75, 3.05) is 20.8 Å². The van der Waals surface area contributed by atoms with E-state index < -0.39 is 10.0 Å². The number of benzene rings is 1. The smallest absolute Gasteiger partial charge is 0.249 e. The van der Waals surface area contributed by atoms with Gasteiger partial charge in [-0.05, 0) is 44.4 Å². The van der Waals surface area contributed by atoms with Crippen molar-refractivity contribution in [1.29, 1.82) is 0 Å². The molecule has 7 nitrogen and oxygen atoms in total. The summed E-state index contributed by atoms with van der Waals surface area (Å²) in [7, 11) is -0.549. The van der Waals surface area contributed by atoms with Crippen molar-refractivity contribution < 1.29 is 22.4 Å². The van der Waals surface area contributed by atoms with Gasteiger partial charge in [-0.15, -0.1) is 0 Å². The zero-order valence-corrected chi connectivity index (χ0v) is 15.6. The van der Waals surface area contributed by atoms with E-state index in [1.165, 1.54) is 4.31 Å². The number of nitrogens with zero attached hydrogens (tertiary/aromatic N) is 2. The van der Waals surface area contributed by atoms with Gasteiger partial charge < -0.3 is 14.0 Å². The Morgan fingerprint density at radius 3 is 2.52 bits per heavy atom. The van der Waals surface area contributed by atoms with Crippen molar-refractivity contribution in [1.82, 2.24) is 9.46 Å². The van der Waals surface area contributed by atoms with E-state index in [1.54, 1.807) is 34.1 Å². The second-order valence-electron chi connectivity index (χ2n) is 6.04. The molecule has 1 aromatic carbocycles. The van der Waals surface area contributed by atoms with Crippen molar-refractivity contribution in [3.8, 4) is 11.5 Å². The Morgan fingerprint density at radius 1 is 1.20 bits per heavy atom. The number of ether oxygens (including phenoxy) is 2. The Bertz CT molecular complexity index is 856. The quantitative estimate of drug-likeness (QED) is 0.809. The maximum Gasteiger partial charge on any atom is 0.249 e. The summed E-state index contributed by atoms with van der Waals surface area (Å²) in [6.45, 7) is 3.73. The predicted octanol–water partition coefficient (Wildman–Crippen LogP) is 2.83. The first kappa shape index (κ1) is 17.8. The summed E-state index contributed by atoms with van der Waals surface area (Å²) in [5, 5.41) is 3.78. The molecule has 25 heavy (non-hydrogen) atoms. The lowest BCUT2D eigenvalue weighted by molar-refractivity contribution is 0.351. The normalized spacial score (nSPS) is 18.5. The number of hydrogen-bond donors (Lipinski definition) is 0. The molecule has 0 spiro atoms. The molecule has 1 saturated heterocycles. The summed E-state index contributed by atoms with van der Waals surface area (Å²) in [6.07, 6.45) is 1.54. The third-order valence-electron chi connectivity index (χ3n) is 4.53. The number of methoxy groups -OCH3 is 2. The number of aromatic nitrogens is 1. The summed E-state index contributed by atoms with van der Waals surface area (Å²) in [5.74, 6) is 1.52. The standard InChI is InChI=1S/C17H22N2O5S/c1-11-17(12(2)24-18-11)25(20,21)19-9-5-6-14(19)13-7-8-15(22-3)16(10-13)23-4/h7-8,10,14H,5-6,9H2,1-4H3. The van der Waals surface area contributed by atoms with Gasteiger partial charge in [0, 0.05) is 6.54 Å². The largest absolute Gasteiger partial charge is 0.493 e. The minimum absolute atomic E-state index is 0.167. The van der Waals surface area contributed by atoms with Crippen LogP contribution in [0.3, 0.4) is 0 Å². The minimum atomic E-state index is -3.68. The third kappa shape index (κ3) is 3.00. The van der Waals surface area contributed by atoms with Crippen LogP contribution in [-0.4, -0.2) is 38.6 Å². The molecule has 1 aromatic heterocycles. The second-order valence-corrected chi connectivity index (χ2v) is 7.87. The van der Waals surface area contributed by atoms with Crippen LogP contribution in [0.25, 0.3) is 0 Å². The molecule has 2 heterocycles. The van der Waals surface area contributed by atoms with Crippen molar-refractivity contribution in [2.45, 2.75) is 37.6 Å². The number of aryl methyl sites for hydroxylation is 2. The monoisotopic (exact) mass is 366 g/mol. The van der Waals surface area contributed by atoms with E-state index in [-0.39, 0.29) is 10.9 Å². The van der Waals surface area contributed by atoms with Gasteiger partial charge in [0.2, 0.25) is 10.0 Å². The van der Waals surface area contributed by atoms with Crippen molar-refractivity contribution in [3.63, 3.8) is 0 Å². The van der Waals surface area contributed by atoms with Gasteiger partial charge in [-0.2, -0.15) is 4.31 Å². The summed E-state index contributed by atoms with van der Waals surface area (Å²) >= 11 is 0. The highest BCUT2D eigenvalue weighted by atomic mass is 32.2. The maximum atomic E-state index is 13.2. The van der Waals surface area contributed by atoms with Crippen LogP contribution in [0.2, 0.25) is 0 Å². The topological polar surface area (TPSA) is 81.9 Å². The highest BCUT2D eigenvalue weighted by Crippen LogP contribution is 2.40. The first-order chi connectivity index (χ1) is 11.9. The van der Waals surface area contributed by atoms with Gasteiger partial charge in [-0.1, -0.05) is 11.2 Å². The summed E-state index contributed by atoms with van der Waals surface area (Å²) in [5.41, 5.74) is 1.26. The second kappa shape index (κ2) is 6.68. The fourth-order valence-electron chi connectivity index (χ4n) is 3.38. The molecule has 0 radical (unpaired) electrons. The van der Waals surface area contributed by atoms with Gasteiger partial charge in [0.25, 0.3) is 0 Å². The van der Waals surface area contributed by atoms with Crippen molar-refractivity contribution >= 4 is 10.0 Å². The van der Waals surface area contributed by atoms with Crippen LogP contribution in [0.4, 0.5) is 0 Å². The number of sulfonamides is 1. The molecule has 2 aromatic rings. The van der Waals surface area contributed by atoms with Gasteiger partial charge in [0.15, 0.2) is 17.3 Å². The fraction of sp³-hybridized carbons (Fsp3) is 0.471. The predicted molar refractivity (Wildman–Crippen MR) is 91.4 cm³/mol. The highest BCUT2D eigenvalue weighted by molar-refractivity contribution is 7.89. The SMILES string of the molecule is COc1ccc(C2CCCN2S(=O)(=O)c2c(C)noc2C)cc1OC. The number of hydrogen-bond acceptors (Lipinski definition) is 6. The zero-order valence-electron chi connectivity index (χ0n) is 14.8. The molecule has 0 N–H and O–H groups in total. The molecular formula is C17H22N2O5S. The molecular weight excluding hydrogens is 344 g/mol. The molecule has 0 bridgehead atoms. The van der Waals surface area contributed by atoms with Crippen molar-refractivity contribution in [3.05, 3.63) is 35.2 Å². The molecule has 1 fully saturated rings. The Balaban J connectivity index is 2.01. The summed E-state index contributed by atoms with van der Waals surface area (Å²) in [6, 6.07) is 5.27.